The number of nitrogens with zero attached hydrogens (tertiary/aromatic N) is 1. The van der Waals surface area contributed by atoms with E-state index >= 15 is 0 Å². The van der Waals surface area contributed by atoms with E-state index in [9.17, 15) is 8.42 Å². The van der Waals surface area contributed by atoms with Crippen LogP contribution in [0, 0.1) is 0 Å². The van der Waals surface area contributed by atoms with Crippen LogP contribution in [0.4, 0.5) is 0 Å². The molecule has 0 aliphatic carbocycles. The van der Waals surface area contributed by atoms with Crippen LogP contribution >= 0.6 is 0 Å². The summed E-state index contributed by atoms with van der Waals surface area (Å²) in [5.41, 5.74) is 1.24. The van der Waals surface area contributed by atoms with E-state index in [1.165, 1.54) is 17.2 Å². The van der Waals surface area contributed by atoms with Crippen LogP contribution in [0.3, 0.4) is 0 Å². The Kier molecular flexibility index (Phi) is 4.57. The summed E-state index contributed by atoms with van der Waals surface area (Å²) in [6.45, 7) is 2.51. The SMILES string of the molecule is COc1ccc2cc(CN3CCC(NS(C)(=O)=O)C3)ccc2c1. The lowest BCUT2D eigenvalue weighted by molar-refractivity contribution is 0.325. The van der Waals surface area contributed by atoms with Crippen LogP contribution in [0.15, 0.2) is 36.4 Å². The van der Waals surface area contributed by atoms with E-state index in [1.54, 1.807) is 7.11 Å². The molecule has 1 aliphatic rings. The van der Waals surface area contributed by atoms with Crippen molar-refractivity contribution in [2.75, 3.05) is 26.5 Å². The number of likely N-dealkylation sites (tertiary alicyclic amines) is 1. The standard InChI is InChI=1S/C17H22N2O3S/c1-22-17-6-5-14-9-13(3-4-15(14)10-17)11-19-8-7-16(12-19)18-23(2,20)21/h3-6,9-10,16,18H,7-8,11-12H2,1-2H3. The van der Waals surface area contributed by atoms with Crippen molar-refractivity contribution in [1.82, 2.24) is 9.62 Å². The molecule has 0 radical (unpaired) electrons. The molecule has 1 unspecified atom stereocenters. The van der Waals surface area contributed by atoms with Crippen LogP contribution < -0.4 is 9.46 Å². The second kappa shape index (κ2) is 6.47. The summed E-state index contributed by atoms with van der Waals surface area (Å²) < 4.78 is 30.6. The number of rotatable bonds is 5. The highest BCUT2D eigenvalue weighted by atomic mass is 32.2. The predicted molar refractivity (Wildman–Crippen MR) is 92.2 cm³/mol. The highest BCUT2D eigenvalue weighted by molar-refractivity contribution is 7.88. The third kappa shape index (κ3) is 4.22. The predicted octanol–water partition coefficient (Wildman–Crippen LogP) is 1.97. The lowest BCUT2D eigenvalue weighted by Crippen LogP contribution is -2.36. The van der Waals surface area contributed by atoms with Crippen LogP contribution in [0.1, 0.15) is 12.0 Å². The smallest absolute Gasteiger partial charge is 0.208 e. The largest absolute Gasteiger partial charge is 0.497 e. The summed E-state index contributed by atoms with van der Waals surface area (Å²) in [5, 5.41) is 2.35. The van der Waals surface area contributed by atoms with Crippen molar-refractivity contribution < 1.29 is 13.2 Å². The summed E-state index contributed by atoms with van der Waals surface area (Å²) in [6, 6.07) is 12.5. The molecule has 6 heteroatoms. The minimum atomic E-state index is -3.13. The van der Waals surface area contributed by atoms with Gasteiger partial charge in [-0.15, -0.1) is 0 Å². The Morgan fingerprint density at radius 2 is 1.96 bits per heavy atom. The zero-order valence-corrected chi connectivity index (χ0v) is 14.3. The Hall–Kier alpha value is -1.63. The van der Waals surface area contributed by atoms with Crippen molar-refractivity contribution >= 4 is 20.8 Å². The molecule has 0 bridgehead atoms. The Balaban J connectivity index is 1.68. The molecule has 1 atom stereocenters. The van der Waals surface area contributed by atoms with Crippen LogP contribution in [-0.4, -0.2) is 45.8 Å². The van der Waals surface area contributed by atoms with Crippen LogP contribution in [0.2, 0.25) is 0 Å². The van der Waals surface area contributed by atoms with E-state index < -0.39 is 10.0 Å². The van der Waals surface area contributed by atoms with Gasteiger partial charge in [-0.3, -0.25) is 4.90 Å². The maximum Gasteiger partial charge on any atom is 0.208 e. The van der Waals surface area contributed by atoms with Crippen molar-refractivity contribution in [3.63, 3.8) is 0 Å². The highest BCUT2D eigenvalue weighted by Gasteiger charge is 2.24. The van der Waals surface area contributed by atoms with Gasteiger partial charge < -0.3 is 4.74 Å². The molecule has 0 spiro atoms. The van der Waals surface area contributed by atoms with Gasteiger partial charge >= 0.3 is 0 Å². The maximum absolute atomic E-state index is 11.3. The van der Waals surface area contributed by atoms with E-state index in [0.29, 0.717) is 0 Å². The van der Waals surface area contributed by atoms with Crippen molar-refractivity contribution in [3.05, 3.63) is 42.0 Å². The summed E-state index contributed by atoms with van der Waals surface area (Å²) in [7, 11) is -1.46. The molecule has 0 aromatic heterocycles. The summed E-state index contributed by atoms with van der Waals surface area (Å²) in [5.74, 6) is 0.861. The average molecular weight is 334 g/mol. The van der Waals surface area contributed by atoms with Gasteiger partial charge in [0.05, 0.1) is 13.4 Å². The fourth-order valence-corrected chi connectivity index (χ4v) is 3.93. The number of ether oxygens (including phenoxy) is 1. The number of benzene rings is 2. The number of nitrogens with one attached hydrogen (secondary N) is 1. The summed E-state index contributed by atoms with van der Waals surface area (Å²) in [6.07, 6.45) is 2.07. The minimum absolute atomic E-state index is 0.0229. The molecule has 1 saturated heterocycles. The third-order valence-corrected chi connectivity index (χ3v) is 4.93. The molecular formula is C17H22N2O3S. The lowest BCUT2D eigenvalue weighted by Gasteiger charge is -2.16. The number of methoxy groups -OCH3 is 1. The first-order chi connectivity index (χ1) is 10.9. The number of fused-ring (bicyclic) bond motifs is 1. The quantitative estimate of drug-likeness (QED) is 0.908. The van der Waals surface area contributed by atoms with E-state index in [1.807, 2.05) is 12.1 Å². The minimum Gasteiger partial charge on any atom is -0.497 e. The topological polar surface area (TPSA) is 58.6 Å². The van der Waals surface area contributed by atoms with Gasteiger partial charge in [-0.2, -0.15) is 0 Å². The number of hydrogen-bond donors (Lipinski definition) is 1. The molecule has 1 aliphatic heterocycles. The Bertz CT molecular complexity index is 805. The molecule has 1 fully saturated rings. The van der Waals surface area contributed by atoms with Crippen molar-refractivity contribution in [1.29, 1.82) is 0 Å². The fourth-order valence-electron chi connectivity index (χ4n) is 3.13. The Labute approximate surface area is 137 Å². The molecule has 5 nitrogen and oxygen atoms in total. The van der Waals surface area contributed by atoms with E-state index in [0.717, 1.165) is 37.2 Å². The molecule has 0 amide bonds. The van der Waals surface area contributed by atoms with Crippen LogP contribution in [0.5, 0.6) is 5.75 Å². The number of sulfonamides is 1. The second-order valence-corrected chi connectivity index (χ2v) is 7.94. The van der Waals surface area contributed by atoms with E-state index in [-0.39, 0.29) is 6.04 Å². The zero-order valence-electron chi connectivity index (χ0n) is 13.5. The van der Waals surface area contributed by atoms with Crippen LogP contribution in [0.25, 0.3) is 10.8 Å². The van der Waals surface area contributed by atoms with Crippen molar-refractivity contribution in [2.24, 2.45) is 0 Å². The molecule has 2 aromatic rings. The molecule has 1 heterocycles. The van der Waals surface area contributed by atoms with Crippen LogP contribution in [-0.2, 0) is 16.6 Å². The first-order valence-electron chi connectivity index (χ1n) is 7.69. The molecule has 1 N–H and O–H groups in total. The molecule has 124 valence electrons. The molecule has 3 rings (SSSR count). The third-order valence-electron chi connectivity index (χ3n) is 4.17. The monoisotopic (exact) mass is 334 g/mol. The van der Waals surface area contributed by atoms with Gasteiger partial charge in [0.2, 0.25) is 10.0 Å². The Morgan fingerprint density at radius 3 is 2.70 bits per heavy atom. The summed E-state index contributed by atoms with van der Waals surface area (Å²) >= 11 is 0. The van der Waals surface area contributed by atoms with Gasteiger partial charge in [0, 0.05) is 25.7 Å². The molecule has 23 heavy (non-hydrogen) atoms. The highest BCUT2D eigenvalue weighted by Crippen LogP contribution is 2.23. The first kappa shape index (κ1) is 16.2. The van der Waals surface area contributed by atoms with Gasteiger partial charge in [0.1, 0.15) is 5.75 Å². The second-order valence-electron chi connectivity index (χ2n) is 6.16. The molecule has 0 saturated carbocycles. The van der Waals surface area contributed by atoms with Gasteiger partial charge in [-0.1, -0.05) is 18.2 Å². The van der Waals surface area contributed by atoms with E-state index in [2.05, 4.69) is 33.9 Å². The number of hydrogen-bond acceptors (Lipinski definition) is 4. The molecular weight excluding hydrogens is 312 g/mol. The molecule has 2 aromatic carbocycles. The van der Waals surface area contributed by atoms with Gasteiger partial charge in [-0.25, -0.2) is 13.1 Å². The fraction of sp³-hybridized carbons (Fsp3) is 0.412. The van der Waals surface area contributed by atoms with Gasteiger partial charge in [0.25, 0.3) is 0 Å². The zero-order chi connectivity index (χ0) is 16.4. The normalized spacial score (nSPS) is 19.3. The van der Waals surface area contributed by atoms with Crippen molar-refractivity contribution in [3.8, 4) is 5.75 Å². The lowest BCUT2D eigenvalue weighted by atomic mass is 10.1. The Morgan fingerprint density at radius 1 is 1.22 bits per heavy atom. The first-order valence-corrected chi connectivity index (χ1v) is 9.58. The van der Waals surface area contributed by atoms with Gasteiger partial charge in [0.15, 0.2) is 0 Å². The van der Waals surface area contributed by atoms with Crippen molar-refractivity contribution in [2.45, 2.75) is 19.0 Å². The summed E-state index contributed by atoms with van der Waals surface area (Å²) in [4.78, 5) is 2.29. The maximum atomic E-state index is 11.3. The van der Waals surface area contributed by atoms with E-state index in [4.69, 9.17) is 4.74 Å². The van der Waals surface area contributed by atoms with Gasteiger partial charge in [-0.05, 0) is 41.0 Å². The average Bonchev–Trinajstić information content (AvgIpc) is 2.91.